The summed E-state index contributed by atoms with van der Waals surface area (Å²) in [7, 11) is 0. The third-order valence-electron chi connectivity index (χ3n) is 5.33. The summed E-state index contributed by atoms with van der Waals surface area (Å²) in [5.41, 5.74) is -0.997. The Bertz CT molecular complexity index is 967. The fourth-order valence-corrected chi connectivity index (χ4v) is 3.28. The van der Waals surface area contributed by atoms with E-state index in [9.17, 15) is 40.2 Å². The molecule has 11 heteroatoms. The van der Waals surface area contributed by atoms with Gasteiger partial charge in [0, 0.05) is 12.5 Å². The van der Waals surface area contributed by atoms with E-state index in [1.807, 2.05) is 0 Å². The van der Waals surface area contributed by atoms with Crippen molar-refractivity contribution in [2.75, 3.05) is 13.2 Å². The summed E-state index contributed by atoms with van der Waals surface area (Å²) in [6.45, 7) is -0.592. The molecule has 0 amide bonds. The number of rotatable bonds is 8. The molecular weight excluding hydrogens is 452 g/mol. The van der Waals surface area contributed by atoms with Crippen molar-refractivity contribution in [2.45, 2.75) is 42.7 Å². The number of phenolic OH excluding ortho intramolecular Hbond substituents is 2. The molecule has 0 spiro atoms. The molecule has 184 valence electrons. The van der Waals surface area contributed by atoms with Gasteiger partial charge in [-0.15, -0.1) is 0 Å². The molecule has 1 heterocycles. The molecule has 11 nitrogen and oxygen atoms in total. The molecule has 0 bridgehead atoms. The molecule has 0 radical (unpaired) electrons. The summed E-state index contributed by atoms with van der Waals surface area (Å²) in [5, 5.41) is 59.5. The largest absolute Gasteiger partial charge is 0.504 e. The lowest BCUT2D eigenvalue weighted by Gasteiger charge is -2.40. The van der Waals surface area contributed by atoms with Crippen molar-refractivity contribution >= 4 is 17.8 Å². The SMILES string of the molecule is O=C1C=CC(O)(CCOC2OC(COC(=O)C=Cc3ccc(O)c(O)c3)C(O)C(O)C2O)C=C1. The van der Waals surface area contributed by atoms with E-state index in [2.05, 4.69) is 0 Å². The number of aromatic hydroxyl groups is 2. The van der Waals surface area contributed by atoms with Crippen LogP contribution in [-0.2, 0) is 23.8 Å². The fourth-order valence-electron chi connectivity index (χ4n) is 3.28. The zero-order valence-electron chi connectivity index (χ0n) is 17.9. The van der Waals surface area contributed by atoms with Gasteiger partial charge in [-0.2, -0.15) is 0 Å². The van der Waals surface area contributed by atoms with Crippen LogP contribution in [0.2, 0.25) is 0 Å². The second kappa shape index (κ2) is 10.9. The van der Waals surface area contributed by atoms with Gasteiger partial charge in [0.1, 0.15) is 36.6 Å². The summed E-state index contributed by atoms with van der Waals surface area (Å²) in [6, 6.07) is 3.94. The van der Waals surface area contributed by atoms with Gasteiger partial charge in [0.25, 0.3) is 0 Å². The number of ether oxygens (including phenoxy) is 3. The minimum Gasteiger partial charge on any atom is -0.504 e. The highest BCUT2D eigenvalue weighted by atomic mass is 16.7. The van der Waals surface area contributed by atoms with Crippen molar-refractivity contribution in [2.24, 2.45) is 0 Å². The van der Waals surface area contributed by atoms with Gasteiger partial charge in [-0.3, -0.25) is 4.79 Å². The first kappa shape index (κ1) is 25.6. The average Bonchev–Trinajstić information content (AvgIpc) is 2.81. The maximum atomic E-state index is 12.0. The fraction of sp³-hybridized carbons (Fsp3) is 0.391. The molecule has 6 N–H and O–H groups in total. The predicted octanol–water partition coefficient (Wildman–Crippen LogP) is -0.705. The van der Waals surface area contributed by atoms with Gasteiger partial charge in [-0.05, 0) is 48.1 Å². The van der Waals surface area contributed by atoms with E-state index in [0.717, 1.165) is 6.08 Å². The maximum absolute atomic E-state index is 12.0. The van der Waals surface area contributed by atoms with Crippen LogP contribution in [0.1, 0.15) is 12.0 Å². The number of aliphatic hydroxyl groups excluding tert-OH is 3. The first-order valence-electron chi connectivity index (χ1n) is 10.4. The van der Waals surface area contributed by atoms with E-state index in [4.69, 9.17) is 14.2 Å². The number of esters is 1. The number of allylic oxidation sites excluding steroid dienone is 2. The van der Waals surface area contributed by atoms with E-state index in [-0.39, 0.29) is 30.3 Å². The molecule has 34 heavy (non-hydrogen) atoms. The Labute approximate surface area is 194 Å². The molecule has 1 aliphatic heterocycles. The summed E-state index contributed by atoms with van der Waals surface area (Å²) in [4.78, 5) is 23.2. The average molecular weight is 478 g/mol. The zero-order valence-corrected chi connectivity index (χ0v) is 17.9. The van der Waals surface area contributed by atoms with Gasteiger partial charge < -0.3 is 44.8 Å². The predicted molar refractivity (Wildman–Crippen MR) is 115 cm³/mol. The topological polar surface area (TPSA) is 183 Å². The molecule has 0 saturated carbocycles. The van der Waals surface area contributed by atoms with Gasteiger partial charge in [0.2, 0.25) is 0 Å². The van der Waals surface area contributed by atoms with Gasteiger partial charge in [-0.1, -0.05) is 6.07 Å². The lowest BCUT2D eigenvalue weighted by atomic mass is 9.94. The molecular formula is C23H26O11. The van der Waals surface area contributed by atoms with Crippen LogP contribution in [0.15, 0.2) is 48.6 Å². The number of hydrogen-bond acceptors (Lipinski definition) is 11. The van der Waals surface area contributed by atoms with Gasteiger partial charge in [0.05, 0.1) is 6.61 Å². The Morgan fingerprint density at radius 1 is 1.06 bits per heavy atom. The van der Waals surface area contributed by atoms with Crippen LogP contribution in [0.3, 0.4) is 0 Å². The Balaban J connectivity index is 1.51. The number of hydrogen-bond donors (Lipinski definition) is 6. The summed E-state index contributed by atoms with van der Waals surface area (Å²) in [6.07, 6.45) is 0.0579. The number of carbonyl (C=O) groups is 2. The highest BCUT2D eigenvalue weighted by molar-refractivity contribution is 6.00. The van der Waals surface area contributed by atoms with Crippen molar-refractivity contribution in [3.8, 4) is 11.5 Å². The first-order valence-corrected chi connectivity index (χ1v) is 10.4. The molecule has 1 fully saturated rings. The molecule has 1 aromatic rings. The van der Waals surface area contributed by atoms with Gasteiger partial charge in [-0.25, -0.2) is 4.79 Å². The van der Waals surface area contributed by atoms with E-state index in [0.29, 0.717) is 5.56 Å². The number of carbonyl (C=O) groups excluding carboxylic acids is 2. The quantitative estimate of drug-likeness (QED) is 0.158. The number of phenols is 2. The lowest BCUT2D eigenvalue weighted by Crippen LogP contribution is -2.59. The first-order chi connectivity index (χ1) is 16.1. The van der Waals surface area contributed by atoms with Crippen molar-refractivity contribution in [1.82, 2.24) is 0 Å². The van der Waals surface area contributed by atoms with Gasteiger partial charge in [0.15, 0.2) is 23.6 Å². The van der Waals surface area contributed by atoms with Crippen molar-refractivity contribution in [3.63, 3.8) is 0 Å². The lowest BCUT2D eigenvalue weighted by molar-refractivity contribution is -0.302. The standard InChI is InChI=1S/C23H26O11/c24-14-5-7-23(31,8-6-14)9-10-32-22-21(30)20(29)19(28)17(34-22)12-33-18(27)4-2-13-1-3-15(25)16(26)11-13/h1-8,11,17,19-22,25-26,28-31H,9-10,12H2. The molecule has 3 rings (SSSR count). The normalized spacial score (nSPS) is 28.4. The second-order valence-corrected chi connectivity index (χ2v) is 7.91. The van der Waals surface area contributed by atoms with Crippen LogP contribution < -0.4 is 0 Å². The second-order valence-electron chi connectivity index (χ2n) is 7.91. The molecule has 1 aromatic carbocycles. The van der Waals surface area contributed by atoms with Crippen molar-refractivity contribution < 1.29 is 54.4 Å². The van der Waals surface area contributed by atoms with Crippen LogP contribution in [0, 0.1) is 0 Å². The summed E-state index contributed by atoms with van der Waals surface area (Å²) >= 11 is 0. The molecule has 1 saturated heterocycles. The van der Waals surface area contributed by atoms with E-state index in [1.54, 1.807) is 0 Å². The third-order valence-corrected chi connectivity index (χ3v) is 5.33. The maximum Gasteiger partial charge on any atom is 0.330 e. The molecule has 5 atom stereocenters. The highest BCUT2D eigenvalue weighted by Gasteiger charge is 2.45. The van der Waals surface area contributed by atoms with E-state index in [1.165, 1.54) is 48.6 Å². The van der Waals surface area contributed by atoms with Crippen LogP contribution in [-0.4, -0.2) is 91.9 Å². The minimum atomic E-state index is -1.65. The third kappa shape index (κ3) is 6.50. The van der Waals surface area contributed by atoms with Crippen molar-refractivity contribution in [3.05, 3.63) is 54.1 Å². The molecule has 1 aliphatic carbocycles. The Morgan fingerprint density at radius 3 is 2.44 bits per heavy atom. The Hall–Kier alpha value is -3.06. The van der Waals surface area contributed by atoms with Crippen LogP contribution in [0.25, 0.3) is 6.08 Å². The van der Waals surface area contributed by atoms with E-state index < -0.39 is 48.9 Å². The van der Waals surface area contributed by atoms with Crippen LogP contribution >= 0.6 is 0 Å². The smallest absolute Gasteiger partial charge is 0.330 e. The van der Waals surface area contributed by atoms with Crippen LogP contribution in [0.4, 0.5) is 0 Å². The Kier molecular flexibility index (Phi) is 8.20. The zero-order chi connectivity index (χ0) is 24.9. The Morgan fingerprint density at radius 2 is 1.76 bits per heavy atom. The summed E-state index contributed by atoms with van der Waals surface area (Å²) in [5.74, 6) is -1.74. The molecule has 5 unspecified atom stereocenters. The number of ketones is 1. The number of aliphatic hydroxyl groups is 4. The molecule has 0 aromatic heterocycles. The number of benzene rings is 1. The van der Waals surface area contributed by atoms with Crippen molar-refractivity contribution in [1.29, 1.82) is 0 Å². The minimum absolute atomic E-state index is 0.0236. The van der Waals surface area contributed by atoms with Crippen LogP contribution in [0.5, 0.6) is 11.5 Å². The van der Waals surface area contributed by atoms with E-state index >= 15 is 0 Å². The summed E-state index contributed by atoms with van der Waals surface area (Å²) < 4.78 is 15.9. The molecule has 2 aliphatic rings. The van der Waals surface area contributed by atoms with Gasteiger partial charge >= 0.3 is 5.97 Å². The monoisotopic (exact) mass is 478 g/mol. The highest BCUT2D eigenvalue weighted by Crippen LogP contribution is 2.26.